The largest absolute Gasteiger partial charge is 0.398 e. The lowest BCUT2D eigenvalue weighted by molar-refractivity contribution is 0.602. The van der Waals surface area contributed by atoms with Gasteiger partial charge in [0, 0.05) is 35.6 Å². The van der Waals surface area contributed by atoms with E-state index in [9.17, 15) is 0 Å². The van der Waals surface area contributed by atoms with Gasteiger partial charge in [-0.05, 0) is 61.8 Å². The highest BCUT2D eigenvalue weighted by Crippen LogP contribution is 2.49. The second-order valence-corrected chi connectivity index (χ2v) is 9.11. The summed E-state index contributed by atoms with van der Waals surface area (Å²) in [5.74, 6) is -0.225. The zero-order chi connectivity index (χ0) is 22.8. The number of nitrogens with one attached hydrogen (secondary N) is 1. The molecule has 1 aliphatic heterocycles. The van der Waals surface area contributed by atoms with E-state index in [1.54, 1.807) is 0 Å². The first-order valence-corrected chi connectivity index (χ1v) is 11.6. The van der Waals surface area contributed by atoms with Gasteiger partial charge in [0.05, 0.1) is 11.4 Å². The molecule has 0 aromatic heterocycles. The van der Waals surface area contributed by atoms with Gasteiger partial charge in [0.25, 0.3) is 0 Å². The van der Waals surface area contributed by atoms with Crippen LogP contribution in [0.15, 0.2) is 60.8 Å². The number of hydrogen-bond donors (Lipinski definition) is 2. The van der Waals surface area contributed by atoms with E-state index in [0.29, 0.717) is 23.6 Å². The van der Waals surface area contributed by atoms with E-state index in [1.807, 2.05) is 38.2 Å². The number of benzene rings is 2. The van der Waals surface area contributed by atoms with E-state index in [1.165, 1.54) is 18.4 Å². The Morgan fingerprint density at radius 2 is 1.91 bits per heavy atom. The highest BCUT2D eigenvalue weighted by molar-refractivity contribution is 5.99. The molecule has 0 unspecified atom stereocenters. The van der Waals surface area contributed by atoms with Gasteiger partial charge in [-0.2, -0.15) is 0 Å². The summed E-state index contributed by atoms with van der Waals surface area (Å²) < 4.78 is 16.1. The van der Waals surface area contributed by atoms with Crippen molar-refractivity contribution in [3.05, 3.63) is 83.3 Å². The lowest BCUT2D eigenvalue weighted by Crippen LogP contribution is -2.33. The van der Waals surface area contributed by atoms with Crippen LogP contribution in [0.2, 0.25) is 0 Å². The minimum atomic E-state index is -0.225. The number of fused-ring (bicyclic) bond motifs is 1. The standard InChI is InChI=1S/C28H34FN3/c1-18(2)23-17-32(22-14-8-9-15-22)28-24(19(23)3)26(30)20(4)27(25(28)29)31-16-10-13-21-11-6-5-7-12-21/h5-7,11-12,17,22,31H,1,3,8-10,13-16,30H2,2,4H3. The number of halogens is 1. The molecule has 1 aliphatic carbocycles. The lowest BCUT2D eigenvalue weighted by atomic mass is 9.87. The van der Waals surface area contributed by atoms with Gasteiger partial charge >= 0.3 is 0 Å². The van der Waals surface area contributed by atoms with Gasteiger partial charge in [-0.25, -0.2) is 4.39 Å². The fourth-order valence-electron chi connectivity index (χ4n) is 5.01. The number of nitrogens with zero attached hydrogens (tertiary/aromatic N) is 1. The number of anilines is 3. The first-order valence-electron chi connectivity index (χ1n) is 11.6. The summed E-state index contributed by atoms with van der Waals surface area (Å²) in [6.07, 6.45) is 8.35. The second kappa shape index (κ2) is 9.23. The van der Waals surface area contributed by atoms with Gasteiger partial charge in [-0.3, -0.25) is 0 Å². The summed E-state index contributed by atoms with van der Waals surface area (Å²) in [6, 6.07) is 10.6. The van der Waals surface area contributed by atoms with Crippen molar-refractivity contribution >= 4 is 22.6 Å². The summed E-state index contributed by atoms with van der Waals surface area (Å²) >= 11 is 0. The average molecular weight is 432 g/mol. The summed E-state index contributed by atoms with van der Waals surface area (Å²) in [7, 11) is 0. The van der Waals surface area contributed by atoms with Crippen LogP contribution < -0.4 is 16.0 Å². The Labute approximate surface area is 191 Å². The van der Waals surface area contributed by atoms with Gasteiger partial charge in [0.2, 0.25) is 0 Å². The normalized spacial score (nSPS) is 16.2. The van der Waals surface area contributed by atoms with Crippen LogP contribution in [0.25, 0.3) is 5.57 Å². The molecule has 3 N–H and O–H groups in total. The van der Waals surface area contributed by atoms with E-state index in [0.717, 1.165) is 53.5 Å². The van der Waals surface area contributed by atoms with Gasteiger partial charge < -0.3 is 16.0 Å². The third-order valence-corrected chi connectivity index (χ3v) is 6.83. The van der Waals surface area contributed by atoms with Crippen molar-refractivity contribution in [1.29, 1.82) is 0 Å². The molecular formula is C28H34FN3. The summed E-state index contributed by atoms with van der Waals surface area (Å²) in [4.78, 5) is 2.11. The zero-order valence-electron chi connectivity index (χ0n) is 19.3. The molecule has 0 bridgehead atoms. The summed E-state index contributed by atoms with van der Waals surface area (Å²) in [6.45, 7) is 13.0. The molecule has 0 radical (unpaired) electrons. The van der Waals surface area contributed by atoms with Crippen molar-refractivity contribution in [3.63, 3.8) is 0 Å². The molecule has 4 heteroatoms. The highest BCUT2D eigenvalue weighted by atomic mass is 19.1. The van der Waals surface area contributed by atoms with Gasteiger partial charge in [-0.15, -0.1) is 0 Å². The van der Waals surface area contributed by atoms with Crippen molar-refractivity contribution in [3.8, 4) is 0 Å². The number of nitrogen functional groups attached to an aromatic ring is 1. The monoisotopic (exact) mass is 431 g/mol. The van der Waals surface area contributed by atoms with Crippen LogP contribution in [0.4, 0.5) is 21.5 Å². The third kappa shape index (κ3) is 4.06. The molecule has 3 nitrogen and oxygen atoms in total. The van der Waals surface area contributed by atoms with Gasteiger partial charge in [-0.1, -0.05) is 56.3 Å². The maximum atomic E-state index is 16.1. The third-order valence-electron chi connectivity index (χ3n) is 6.83. The van der Waals surface area contributed by atoms with Crippen molar-refractivity contribution in [1.82, 2.24) is 0 Å². The maximum absolute atomic E-state index is 16.1. The number of hydrogen-bond acceptors (Lipinski definition) is 3. The van der Waals surface area contributed by atoms with E-state index in [2.05, 4.69) is 35.5 Å². The molecule has 1 saturated carbocycles. The van der Waals surface area contributed by atoms with Gasteiger partial charge in [0.15, 0.2) is 5.82 Å². The molecule has 0 saturated heterocycles. The summed E-state index contributed by atoms with van der Waals surface area (Å²) in [5, 5.41) is 3.35. The molecule has 1 heterocycles. The van der Waals surface area contributed by atoms with Crippen LogP contribution in [0.5, 0.6) is 0 Å². The number of aryl methyl sites for hydroxylation is 1. The Hall–Kier alpha value is -3.01. The average Bonchev–Trinajstić information content (AvgIpc) is 3.32. The predicted molar refractivity (Wildman–Crippen MR) is 135 cm³/mol. The number of allylic oxidation sites excluding steroid dienone is 3. The Morgan fingerprint density at radius 3 is 2.56 bits per heavy atom. The fraction of sp³-hybridized carbons (Fsp3) is 0.357. The molecule has 0 amide bonds. The topological polar surface area (TPSA) is 41.3 Å². The van der Waals surface area contributed by atoms with Crippen LogP contribution in [0.1, 0.15) is 55.7 Å². The zero-order valence-corrected chi connectivity index (χ0v) is 19.3. The number of nitrogens with two attached hydrogens (primary N) is 1. The Morgan fingerprint density at radius 1 is 1.22 bits per heavy atom. The second-order valence-electron chi connectivity index (χ2n) is 9.11. The van der Waals surface area contributed by atoms with Crippen LogP contribution in [-0.2, 0) is 6.42 Å². The first kappa shape index (κ1) is 22.2. The molecule has 2 aromatic rings. The molecule has 4 rings (SSSR count). The van der Waals surface area contributed by atoms with Crippen LogP contribution in [0, 0.1) is 12.7 Å². The molecule has 2 aliphatic rings. The van der Waals surface area contributed by atoms with Gasteiger partial charge in [0.1, 0.15) is 0 Å². The molecule has 168 valence electrons. The Bertz CT molecular complexity index is 1060. The van der Waals surface area contributed by atoms with Crippen molar-refractivity contribution in [2.75, 3.05) is 22.5 Å². The Kier molecular flexibility index (Phi) is 6.40. The van der Waals surface area contributed by atoms with Crippen LogP contribution in [0.3, 0.4) is 0 Å². The van der Waals surface area contributed by atoms with E-state index in [4.69, 9.17) is 5.73 Å². The van der Waals surface area contributed by atoms with Crippen LogP contribution in [-0.4, -0.2) is 12.6 Å². The molecule has 0 spiro atoms. The Balaban J connectivity index is 1.67. The number of rotatable bonds is 7. The molecular weight excluding hydrogens is 397 g/mol. The summed E-state index contributed by atoms with van der Waals surface area (Å²) in [5.41, 5.74) is 13.7. The highest BCUT2D eigenvalue weighted by Gasteiger charge is 2.34. The maximum Gasteiger partial charge on any atom is 0.170 e. The van der Waals surface area contributed by atoms with E-state index < -0.39 is 0 Å². The quantitative estimate of drug-likeness (QED) is 0.366. The smallest absolute Gasteiger partial charge is 0.170 e. The SMILES string of the molecule is C=C(C)C1=CN(C2CCCC2)c2c(F)c(NCCCc3ccccc3)c(C)c(N)c2C1=C. The molecule has 0 atom stereocenters. The fourth-order valence-corrected chi connectivity index (χ4v) is 5.01. The van der Waals surface area contributed by atoms with Crippen molar-refractivity contribution in [2.24, 2.45) is 0 Å². The first-order chi connectivity index (χ1) is 15.4. The molecule has 1 fully saturated rings. The molecule has 2 aromatic carbocycles. The van der Waals surface area contributed by atoms with Crippen molar-refractivity contribution in [2.45, 2.75) is 58.4 Å². The molecule has 32 heavy (non-hydrogen) atoms. The van der Waals surface area contributed by atoms with E-state index in [-0.39, 0.29) is 11.9 Å². The van der Waals surface area contributed by atoms with Crippen LogP contribution >= 0.6 is 0 Å². The van der Waals surface area contributed by atoms with E-state index >= 15 is 4.39 Å². The minimum Gasteiger partial charge on any atom is -0.398 e. The lowest BCUT2D eigenvalue weighted by Gasteiger charge is -2.37. The van der Waals surface area contributed by atoms with Crippen molar-refractivity contribution < 1.29 is 4.39 Å². The predicted octanol–water partition coefficient (Wildman–Crippen LogP) is 7.00. The minimum absolute atomic E-state index is 0.225.